The maximum atomic E-state index is 12.6. The van der Waals surface area contributed by atoms with E-state index in [0.29, 0.717) is 11.6 Å². The summed E-state index contributed by atoms with van der Waals surface area (Å²) in [5.41, 5.74) is 2.77. The average molecular weight is 376 g/mol. The first-order valence-corrected chi connectivity index (χ1v) is 9.01. The molecule has 144 valence electrons. The SMILES string of the molecule is COc1ccccc1Nc1cnc(C(=O)Nc2ccccc2C(C)(C)C)cn1. The Labute approximate surface area is 165 Å². The van der Waals surface area contributed by atoms with Gasteiger partial charge in [0, 0.05) is 5.69 Å². The average Bonchev–Trinajstić information content (AvgIpc) is 2.68. The van der Waals surface area contributed by atoms with Crippen LogP contribution in [0.2, 0.25) is 0 Å². The lowest BCUT2D eigenvalue weighted by atomic mass is 9.86. The lowest BCUT2D eigenvalue weighted by molar-refractivity contribution is 0.102. The molecule has 0 saturated carbocycles. The molecule has 0 unspecified atom stereocenters. The van der Waals surface area contributed by atoms with Crippen molar-refractivity contribution in [3.63, 3.8) is 0 Å². The molecule has 0 saturated heterocycles. The highest BCUT2D eigenvalue weighted by molar-refractivity contribution is 6.03. The first-order valence-electron chi connectivity index (χ1n) is 9.01. The summed E-state index contributed by atoms with van der Waals surface area (Å²) in [5, 5.41) is 6.08. The van der Waals surface area contributed by atoms with Gasteiger partial charge in [-0.3, -0.25) is 4.79 Å². The fraction of sp³-hybridized carbons (Fsp3) is 0.227. The number of anilines is 3. The summed E-state index contributed by atoms with van der Waals surface area (Å²) in [7, 11) is 1.61. The molecule has 1 heterocycles. The third kappa shape index (κ3) is 4.46. The van der Waals surface area contributed by atoms with Crippen LogP contribution in [0.25, 0.3) is 0 Å². The summed E-state index contributed by atoms with van der Waals surface area (Å²) < 4.78 is 5.31. The number of hydrogen-bond donors (Lipinski definition) is 2. The molecule has 3 rings (SSSR count). The number of aromatic nitrogens is 2. The zero-order chi connectivity index (χ0) is 20.1. The Kier molecular flexibility index (Phi) is 5.59. The summed E-state index contributed by atoms with van der Waals surface area (Å²) in [6.07, 6.45) is 2.98. The van der Waals surface area contributed by atoms with Crippen molar-refractivity contribution in [3.05, 3.63) is 72.2 Å². The molecule has 2 aromatic carbocycles. The molecule has 0 fully saturated rings. The van der Waals surface area contributed by atoms with E-state index in [-0.39, 0.29) is 17.0 Å². The van der Waals surface area contributed by atoms with Gasteiger partial charge in [-0.25, -0.2) is 9.97 Å². The molecule has 2 N–H and O–H groups in total. The minimum atomic E-state index is -0.298. The van der Waals surface area contributed by atoms with Gasteiger partial charge in [-0.1, -0.05) is 51.1 Å². The van der Waals surface area contributed by atoms with Crippen LogP contribution in [0, 0.1) is 0 Å². The molecule has 6 nitrogen and oxygen atoms in total. The number of para-hydroxylation sites is 3. The number of nitrogens with one attached hydrogen (secondary N) is 2. The highest BCUT2D eigenvalue weighted by Gasteiger charge is 2.19. The molecule has 6 heteroatoms. The molecule has 0 aliphatic rings. The fourth-order valence-electron chi connectivity index (χ4n) is 2.83. The molecule has 0 aliphatic heterocycles. The van der Waals surface area contributed by atoms with E-state index in [9.17, 15) is 4.79 Å². The van der Waals surface area contributed by atoms with E-state index in [1.807, 2.05) is 48.5 Å². The maximum absolute atomic E-state index is 12.6. The number of ether oxygens (including phenoxy) is 1. The molecule has 0 atom stereocenters. The number of hydrogen-bond acceptors (Lipinski definition) is 5. The second-order valence-electron chi connectivity index (χ2n) is 7.36. The van der Waals surface area contributed by atoms with Gasteiger partial charge in [0.25, 0.3) is 5.91 Å². The van der Waals surface area contributed by atoms with Crippen molar-refractivity contribution in [2.75, 3.05) is 17.7 Å². The number of carbonyl (C=O) groups is 1. The van der Waals surface area contributed by atoms with E-state index < -0.39 is 0 Å². The maximum Gasteiger partial charge on any atom is 0.275 e. The van der Waals surface area contributed by atoms with Gasteiger partial charge < -0.3 is 15.4 Å². The van der Waals surface area contributed by atoms with Crippen LogP contribution in [0.4, 0.5) is 17.2 Å². The Balaban J connectivity index is 1.75. The fourth-order valence-corrected chi connectivity index (χ4v) is 2.83. The van der Waals surface area contributed by atoms with Crippen molar-refractivity contribution in [2.45, 2.75) is 26.2 Å². The normalized spacial score (nSPS) is 11.0. The Morgan fingerprint density at radius 3 is 2.25 bits per heavy atom. The molecular formula is C22H24N4O2. The predicted molar refractivity (Wildman–Crippen MR) is 111 cm³/mol. The van der Waals surface area contributed by atoms with Crippen LogP contribution >= 0.6 is 0 Å². The van der Waals surface area contributed by atoms with Crippen LogP contribution in [0.1, 0.15) is 36.8 Å². The van der Waals surface area contributed by atoms with Gasteiger partial charge in [0.05, 0.1) is 25.2 Å². The van der Waals surface area contributed by atoms with Crippen molar-refractivity contribution in [2.24, 2.45) is 0 Å². The van der Waals surface area contributed by atoms with Crippen molar-refractivity contribution in [1.82, 2.24) is 9.97 Å². The Morgan fingerprint density at radius 2 is 1.61 bits per heavy atom. The highest BCUT2D eigenvalue weighted by atomic mass is 16.5. The van der Waals surface area contributed by atoms with E-state index >= 15 is 0 Å². The number of amides is 1. The van der Waals surface area contributed by atoms with Gasteiger partial charge >= 0.3 is 0 Å². The van der Waals surface area contributed by atoms with E-state index in [4.69, 9.17) is 4.74 Å². The van der Waals surface area contributed by atoms with Crippen molar-refractivity contribution >= 4 is 23.1 Å². The molecule has 1 aromatic heterocycles. The predicted octanol–water partition coefficient (Wildman–Crippen LogP) is 4.78. The number of benzene rings is 2. The third-order valence-corrected chi connectivity index (χ3v) is 4.24. The number of methoxy groups -OCH3 is 1. The number of rotatable bonds is 5. The van der Waals surface area contributed by atoms with Gasteiger partial charge in [-0.2, -0.15) is 0 Å². The molecule has 0 bridgehead atoms. The van der Waals surface area contributed by atoms with Crippen molar-refractivity contribution < 1.29 is 9.53 Å². The van der Waals surface area contributed by atoms with Crippen LogP contribution in [-0.4, -0.2) is 23.0 Å². The Morgan fingerprint density at radius 1 is 0.929 bits per heavy atom. The summed E-state index contributed by atoms with van der Waals surface area (Å²) in [5.74, 6) is 0.925. The lowest BCUT2D eigenvalue weighted by Crippen LogP contribution is -2.19. The Hall–Kier alpha value is -3.41. The molecule has 0 spiro atoms. The first kappa shape index (κ1) is 19.4. The first-order chi connectivity index (χ1) is 13.4. The molecule has 3 aromatic rings. The second kappa shape index (κ2) is 8.08. The number of nitrogens with zero attached hydrogens (tertiary/aromatic N) is 2. The van der Waals surface area contributed by atoms with Gasteiger partial charge in [-0.05, 0) is 29.2 Å². The summed E-state index contributed by atoms with van der Waals surface area (Å²) in [6, 6.07) is 15.3. The Bertz CT molecular complexity index is 963. The number of carbonyl (C=O) groups excluding carboxylic acids is 1. The molecule has 0 aliphatic carbocycles. The zero-order valence-electron chi connectivity index (χ0n) is 16.5. The quantitative estimate of drug-likeness (QED) is 0.670. The standard InChI is InChI=1S/C22H24N4O2/c1-22(2,3)15-9-5-6-10-16(15)26-21(27)18-13-24-20(14-23-18)25-17-11-7-8-12-19(17)28-4/h5-14H,1-4H3,(H,24,25)(H,26,27). The highest BCUT2D eigenvalue weighted by Crippen LogP contribution is 2.29. The molecule has 28 heavy (non-hydrogen) atoms. The minimum Gasteiger partial charge on any atom is -0.495 e. The topological polar surface area (TPSA) is 76.1 Å². The van der Waals surface area contributed by atoms with Crippen LogP contribution in [0.5, 0.6) is 5.75 Å². The monoisotopic (exact) mass is 376 g/mol. The largest absolute Gasteiger partial charge is 0.495 e. The van der Waals surface area contributed by atoms with Crippen LogP contribution in [0.15, 0.2) is 60.9 Å². The lowest BCUT2D eigenvalue weighted by Gasteiger charge is -2.22. The smallest absolute Gasteiger partial charge is 0.275 e. The van der Waals surface area contributed by atoms with Gasteiger partial charge in [0.15, 0.2) is 0 Å². The van der Waals surface area contributed by atoms with Crippen molar-refractivity contribution in [1.29, 1.82) is 0 Å². The zero-order valence-corrected chi connectivity index (χ0v) is 16.5. The minimum absolute atomic E-state index is 0.0852. The summed E-state index contributed by atoms with van der Waals surface area (Å²) in [6.45, 7) is 6.32. The molecule has 0 radical (unpaired) electrons. The summed E-state index contributed by atoms with van der Waals surface area (Å²) in [4.78, 5) is 21.1. The molecule has 1 amide bonds. The van der Waals surface area contributed by atoms with E-state index in [1.54, 1.807) is 7.11 Å². The van der Waals surface area contributed by atoms with Crippen molar-refractivity contribution in [3.8, 4) is 5.75 Å². The molecular weight excluding hydrogens is 352 g/mol. The van der Waals surface area contributed by atoms with E-state index in [0.717, 1.165) is 16.9 Å². The van der Waals surface area contributed by atoms with Crippen LogP contribution in [0.3, 0.4) is 0 Å². The van der Waals surface area contributed by atoms with Gasteiger partial charge in [0.1, 0.15) is 17.3 Å². The van der Waals surface area contributed by atoms with E-state index in [2.05, 4.69) is 41.4 Å². The van der Waals surface area contributed by atoms with Crippen LogP contribution in [-0.2, 0) is 5.41 Å². The van der Waals surface area contributed by atoms with Gasteiger partial charge in [0.2, 0.25) is 0 Å². The summed E-state index contributed by atoms with van der Waals surface area (Å²) >= 11 is 0. The van der Waals surface area contributed by atoms with E-state index in [1.165, 1.54) is 12.4 Å². The van der Waals surface area contributed by atoms with Crippen LogP contribution < -0.4 is 15.4 Å². The third-order valence-electron chi connectivity index (χ3n) is 4.24. The second-order valence-corrected chi connectivity index (χ2v) is 7.36. The van der Waals surface area contributed by atoms with Gasteiger partial charge in [-0.15, -0.1) is 0 Å².